The maximum Gasteiger partial charge on any atom is 0.223 e. The zero-order chi connectivity index (χ0) is 13.6. The van der Waals surface area contributed by atoms with Crippen molar-refractivity contribution in [3.63, 3.8) is 0 Å². The highest BCUT2D eigenvalue weighted by molar-refractivity contribution is 5.80. The van der Waals surface area contributed by atoms with E-state index in [0.29, 0.717) is 6.42 Å². The molecule has 1 aromatic heterocycles. The number of fused-ring (bicyclic) bond motifs is 3. The van der Waals surface area contributed by atoms with Crippen molar-refractivity contribution in [3.05, 3.63) is 42.4 Å². The predicted octanol–water partition coefficient (Wildman–Crippen LogP) is 2.35. The Morgan fingerprint density at radius 3 is 2.89 bits per heavy atom. The maximum atomic E-state index is 11.6. The molecule has 19 heavy (non-hydrogen) atoms. The van der Waals surface area contributed by atoms with Gasteiger partial charge in [-0.25, -0.2) is 4.98 Å². The second-order valence-electron chi connectivity index (χ2n) is 5.74. The lowest BCUT2D eigenvalue weighted by molar-refractivity contribution is -0.126. The van der Waals surface area contributed by atoms with Crippen LogP contribution in [-0.4, -0.2) is 15.5 Å². The highest BCUT2D eigenvalue weighted by atomic mass is 16.1. The van der Waals surface area contributed by atoms with E-state index in [4.69, 9.17) is 5.73 Å². The van der Waals surface area contributed by atoms with E-state index in [9.17, 15) is 4.79 Å². The van der Waals surface area contributed by atoms with Crippen LogP contribution in [0.3, 0.4) is 0 Å². The van der Waals surface area contributed by atoms with Gasteiger partial charge in [-0.1, -0.05) is 38.1 Å². The minimum absolute atomic E-state index is 0.135. The van der Waals surface area contributed by atoms with Crippen LogP contribution in [0.5, 0.6) is 0 Å². The van der Waals surface area contributed by atoms with E-state index in [1.165, 1.54) is 11.1 Å². The fraction of sp³-hybridized carbons (Fsp3) is 0.333. The molecule has 0 fully saturated rings. The van der Waals surface area contributed by atoms with Gasteiger partial charge in [0.15, 0.2) is 0 Å². The van der Waals surface area contributed by atoms with Crippen LogP contribution < -0.4 is 5.73 Å². The van der Waals surface area contributed by atoms with E-state index in [-0.39, 0.29) is 11.9 Å². The molecule has 1 aromatic carbocycles. The Bertz CT molecular complexity index is 642. The number of carbonyl (C=O) groups is 1. The quantitative estimate of drug-likeness (QED) is 0.915. The highest BCUT2D eigenvalue weighted by Gasteiger charge is 2.35. The van der Waals surface area contributed by atoms with Gasteiger partial charge in [0.05, 0.1) is 24.3 Å². The molecule has 0 aliphatic carbocycles. The number of carbonyl (C=O) groups excluding carboxylic acids is 1. The first-order chi connectivity index (χ1) is 9.00. The lowest BCUT2D eigenvalue weighted by Crippen LogP contribution is -2.33. The van der Waals surface area contributed by atoms with Crippen LogP contribution >= 0.6 is 0 Å². The summed E-state index contributed by atoms with van der Waals surface area (Å²) < 4.78 is 2.13. The molecule has 0 unspecified atom stereocenters. The molecule has 4 nitrogen and oxygen atoms in total. The Kier molecular flexibility index (Phi) is 2.49. The SMILES string of the molecule is CC(C)(C[C@H]1c2ccccc2-c2cncn21)C(N)=O. The molecule has 2 N–H and O–H groups in total. The number of amides is 1. The van der Waals surface area contributed by atoms with Gasteiger partial charge < -0.3 is 10.3 Å². The standard InChI is InChI=1S/C15H17N3O/c1-15(2,14(16)19)7-12-10-5-3-4-6-11(10)13-8-17-9-18(12)13/h3-6,8-9,12H,7H2,1-2H3,(H2,16,19)/t12-/m0/s1. The summed E-state index contributed by atoms with van der Waals surface area (Å²) in [5, 5.41) is 0. The summed E-state index contributed by atoms with van der Waals surface area (Å²) in [6.07, 6.45) is 4.38. The number of nitrogens with zero attached hydrogens (tertiary/aromatic N) is 2. The molecule has 0 bridgehead atoms. The van der Waals surface area contributed by atoms with Gasteiger partial charge >= 0.3 is 0 Å². The van der Waals surface area contributed by atoms with Crippen molar-refractivity contribution in [1.82, 2.24) is 9.55 Å². The molecule has 0 saturated carbocycles. The molecule has 98 valence electrons. The van der Waals surface area contributed by atoms with E-state index in [0.717, 1.165) is 5.69 Å². The minimum Gasteiger partial charge on any atom is -0.369 e. The van der Waals surface area contributed by atoms with E-state index >= 15 is 0 Å². The molecular formula is C15H17N3O. The predicted molar refractivity (Wildman–Crippen MR) is 73.4 cm³/mol. The topological polar surface area (TPSA) is 60.9 Å². The average molecular weight is 255 g/mol. The van der Waals surface area contributed by atoms with Gasteiger partial charge in [0.1, 0.15) is 0 Å². The van der Waals surface area contributed by atoms with Gasteiger partial charge in [-0.3, -0.25) is 4.79 Å². The van der Waals surface area contributed by atoms with Crippen LogP contribution in [0, 0.1) is 5.41 Å². The van der Waals surface area contributed by atoms with Crippen molar-refractivity contribution in [2.75, 3.05) is 0 Å². The number of aromatic nitrogens is 2. The van der Waals surface area contributed by atoms with Crippen molar-refractivity contribution in [2.24, 2.45) is 11.1 Å². The number of benzene rings is 1. The smallest absolute Gasteiger partial charge is 0.223 e. The summed E-state index contributed by atoms with van der Waals surface area (Å²) in [7, 11) is 0. The van der Waals surface area contributed by atoms with Crippen molar-refractivity contribution in [1.29, 1.82) is 0 Å². The van der Waals surface area contributed by atoms with Crippen LogP contribution in [0.15, 0.2) is 36.8 Å². The molecule has 1 atom stereocenters. The molecule has 0 spiro atoms. The van der Waals surface area contributed by atoms with Crippen LogP contribution in [0.4, 0.5) is 0 Å². The third kappa shape index (κ3) is 1.75. The first-order valence-electron chi connectivity index (χ1n) is 6.42. The van der Waals surface area contributed by atoms with Crippen molar-refractivity contribution in [2.45, 2.75) is 26.3 Å². The lowest BCUT2D eigenvalue weighted by atomic mass is 9.83. The maximum absolute atomic E-state index is 11.6. The first kappa shape index (κ1) is 12.0. The average Bonchev–Trinajstić information content (AvgIpc) is 2.93. The van der Waals surface area contributed by atoms with Crippen molar-refractivity contribution in [3.8, 4) is 11.3 Å². The Labute approximate surface area is 112 Å². The lowest BCUT2D eigenvalue weighted by Gasteiger charge is -2.26. The highest BCUT2D eigenvalue weighted by Crippen LogP contribution is 2.44. The zero-order valence-electron chi connectivity index (χ0n) is 11.1. The number of rotatable bonds is 3. The molecule has 0 saturated heterocycles. The van der Waals surface area contributed by atoms with E-state index in [1.54, 1.807) is 0 Å². The van der Waals surface area contributed by atoms with Crippen molar-refractivity contribution >= 4 is 5.91 Å². The Balaban J connectivity index is 2.06. The molecule has 1 aliphatic rings. The second kappa shape index (κ2) is 3.95. The fourth-order valence-electron chi connectivity index (χ4n) is 2.72. The molecule has 2 aromatic rings. The number of imidazole rings is 1. The van der Waals surface area contributed by atoms with E-state index < -0.39 is 5.41 Å². The van der Waals surface area contributed by atoms with Gasteiger partial charge in [0.2, 0.25) is 5.91 Å². The summed E-state index contributed by atoms with van der Waals surface area (Å²) in [6.45, 7) is 3.79. The molecule has 2 heterocycles. The molecule has 0 radical (unpaired) electrons. The largest absolute Gasteiger partial charge is 0.369 e. The first-order valence-corrected chi connectivity index (χ1v) is 6.42. The van der Waals surface area contributed by atoms with Gasteiger partial charge in [-0.05, 0) is 12.0 Å². The van der Waals surface area contributed by atoms with Crippen LogP contribution in [0.2, 0.25) is 0 Å². The Morgan fingerprint density at radius 1 is 1.42 bits per heavy atom. The van der Waals surface area contributed by atoms with Gasteiger partial charge in [-0.2, -0.15) is 0 Å². The summed E-state index contributed by atoms with van der Waals surface area (Å²) >= 11 is 0. The van der Waals surface area contributed by atoms with Crippen LogP contribution in [0.25, 0.3) is 11.3 Å². The number of nitrogens with two attached hydrogens (primary N) is 1. The number of hydrogen-bond donors (Lipinski definition) is 1. The molecule has 1 amide bonds. The summed E-state index contributed by atoms with van der Waals surface area (Å²) in [4.78, 5) is 15.8. The van der Waals surface area contributed by atoms with E-state index in [1.807, 2.05) is 38.5 Å². The summed E-state index contributed by atoms with van der Waals surface area (Å²) in [6, 6.07) is 8.40. The number of hydrogen-bond acceptors (Lipinski definition) is 2. The Hall–Kier alpha value is -2.10. The van der Waals surface area contributed by atoms with Gasteiger partial charge in [0, 0.05) is 11.0 Å². The minimum atomic E-state index is -0.538. The Morgan fingerprint density at radius 2 is 2.16 bits per heavy atom. The second-order valence-corrected chi connectivity index (χ2v) is 5.74. The third-order valence-electron chi connectivity index (χ3n) is 3.97. The van der Waals surface area contributed by atoms with Gasteiger partial charge in [0.25, 0.3) is 0 Å². The summed E-state index contributed by atoms with van der Waals surface area (Å²) in [5.74, 6) is -0.265. The third-order valence-corrected chi connectivity index (χ3v) is 3.97. The summed E-state index contributed by atoms with van der Waals surface area (Å²) in [5.41, 5.74) is 8.52. The fourth-order valence-corrected chi connectivity index (χ4v) is 2.72. The van der Waals surface area contributed by atoms with Crippen LogP contribution in [-0.2, 0) is 4.79 Å². The van der Waals surface area contributed by atoms with Crippen molar-refractivity contribution < 1.29 is 4.79 Å². The van der Waals surface area contributed by atoms with Crippen LogP contribution in [0.1, 0.15) is 31.9 Å². The van der Waals surface area contributed by atoms with Gasteiger partial charge in [-0.15, -0.1) is 0 Å². The number of primary amides is 1. The molecule has 1 aliphatic heterocycles. The zero-order valence-corrected chi connectivity index (χ0v) is 11.1. The van der Waals surface area contributed by atoms with E-state index in [2.05, 4.69) is 21.7 Å². The normalized spacial score (nSPS) is 17.1. The molecule has 3 rings (SSSR count). The monoisotopic (exact) mass is 255 g/mol. The molecule has 4 heteroatoms. The molecular weight excluding hydrogens is 238 g/mol.